The van der Waals surface area contributed by atoms with Gasteiger partial charge in [-0.15, -0.1) is 11.3 Å². The molecule has 1 aliphatic heterocycles. The van der Waals surface area contributed by atoms with Gasteiger partial charge < -0.3 is 15.0 Å². The van der Waals surface area contributed by atoms with Crippen molar-refractivity contribution in [3.8, 4) is 0 Å². The minimum atomic E-state index is 0.175. The maximum Gasteiger partial charge on any atom is 0.193 e. The van der Waals surface area contributed by atoms with Crippen LogP contribution in [-0.2, 0) is 11.2 Å². The third-order valence-electron chi connectivity index (χ3n) is 5.56. The molecule has 4 nitrogen and oxygen atoms in total. The number of guanidine groups is 1. The summed E-state index contributed by atoms with van der Waals surface area (Å²) < 4.78 is 6.03. The minimum absolute atomic E-state index is 0.175. The Bertz CT molecular complexity index is 555. The van der Waals surface area contributed by atoms with E-state index in [0.29, 0.717) is 18.1 Å². The second-order valence-corrected chi connectivity index (χ2v) is 8.62. The molecule has 0 amide bonds. The molecule has 1 aromatic rings. The van der Waals surface area contributed by atoms with Gasteiger partial charge in [-0.05, 0) is 37.6 Å². The highest BCUT2D eigenvalue weighted by Gasteiger charge is 2.58. The summed E-state index contributed by atoms with van der Waals surface area (Å²) >= 11 is 1.83. The van der Waals surface area contributed by atoms with Crippen LogP contribution in [0.4, 0.5) is 0 Å². The minimum Gasteiger partial charge on any atom is -0.377 e. The van der Waals surface area contributed by atoms with Crippen molar-refractivity contribution in [1.29, 1.82) is 0 Å². The van der Waals surface area contributed by atoms with Gasteiger partial charge in [-0.1, -0.05) is 19.9 Å². The molecular formula is C19H31N3OS. The fourth-order valence-electron chi connectivity index (χ4n) is 4.22. The third kappa shape index (κ3) is 3.47. The Kier molecular flexibility index (Phi) is 5.50. The normalized spacial score (nSPS) is 28.8. The van der Waals surface area contributed by atoms with E-state index in [1.54, 1.807) is 0 Å². The summed E-state index contributed by atoms with van der Waals surface area (Å²) in [5.41, 5.74) is 0.175. The average molecular weight is 350 g/mol. The van der Waals surface area contributed by atoms with Crippen molar-refractivity contribution in [1.82, 2.24) is 10.2 Å². The van der Waals surface area contributed by atoms with Crippen LogP contribution >= 0.6 is 11.3 Å². The Labute approximate surface area is 150 Å². The van der Waals surface area contributed by atoms with Gasteiger partial charge in [-0.3, -0.25) is 4.99 Å². The summed E-state index contributed by atoms with van der Waals surface area (Å²) in [6.07, 6.45) is 3.93. The van der Waals surface area contributed by atoms with Crippen LogP contribution in [0.2, 0.25) is 0 Å². The van der Waals surface area contributed by atoms with E-state index in [4.69, 9.17) is 9.73 Å². The van der Waals surface area contributed by atoms with Gasteiger partial charge in [-0.2, -0.15) is 0 Å². The molecule has 1 saturated heterocycles. The first-order valence-electron chi connectivity index (χ1n) is 9.20. The van der Waals surface area contributed by atoms with Crippen LogP contribution in [0.3, 0.4) is 0 Å². The Morgan fingerprint density at radius 3 is 3.04 bits per heavy atom. The summed E-state index contributed by atoms with van der Waals surface area (Å²) in [5.74, 6) is 1.66. The lowest BCUT2D eigenvalue weighted by molar-refractivity contribution is -0.188. The number of rotatable bonds is 5. The van der Waals surface area contributed by atoms with Gasteiger partial charge in [0.15, 0.2) is 5.96 Å². The number of thiophene rings is 1. The lowest BCUT2D eigenvalue weighted by Gasteiger charge is -2.60. The quantitative estimate of drug-likeness (QED) is 0.654. The van der Waals surface area contributed by atoms with Gasteiger partial charge in [0.05, 0.1) is 6.10 Å². The van der Waals surface area contributed by atoms with Gasteiger partial charge in [0.2, 0.25) is 0 Å². The number of nitrogens with one attached hydrogen (secondary N) is 1. The van der Waals surface area contributed by atoms with Crippen molar-refractivity contribution < 1.29 is 4.74 Å². The van der Waals surface area contributed by atoms with Crippen molar-refractivity contribution in [2.24, 2.45) is 16.3 Å². The van der Waals surface area contributed by atoms with E-state index in [9.17, 15) is 0 Å². The van der Waals surface area contributed by atoms with E-state index in [1.807, 2.05) is 11.3 Å². The topological polar surface area (TPSA) is 36.9 Å². The molecule has 3 unspecified atom stereocenters. The van der Waals surface area contributed by atoms with Crippen LogP contribution in [0.25, 0.3) is 0 Å². The molecule has 0 spiro atoms. The van der Waals surface area contributed by atoms with E-state index in [-0.39, 0.29) is 5.41 Å². The van der Waals surface area contributed by atoms with Crippen LogP contribution in [0, 0.1) is 11.3 Å². The second kappa shape index (κ2) is 7.44. The van der Waals surface area contributed by atoms with Gasteiger partial charge >= 0.3 is 0 Å². The lowest BCUT2D eigenvalue weighted by Crippen LogP contribution is -2.71. The zero-order valence-corrected chi connectivity index (χ0v) is 16.2. The molecular weight excluding hydrogens is 318 g/mol. The summed E-state index contributed by atoms with van der Waals surface area (Å²) in [6, 6.07) is 4.79. The number of nitrogens with zero attached hydrogens (tertiary/aromatic N) is 2. The van der Waals surface area contributed by atoms with Crippen molar-refractivity contribution >= 4 is 17.3 Å². The fourth-order valence-corrected chi connectivity index (χ4v) is 4.92. The van der Waals surface area contributed by atoms with Gasteiger partial charge in [0.25, 0.3) is 0 Å². The molecule has 1 aliphatic carbocycles. The van der Waals surface area contributed by atoms with Gasteiger partial charge in [-0.25, -0.2) is 0 Å². The predicted octanol–water partition coefficient (Wildman–Crippen LogP) is 3.39. The van der Waals surface area contributed by atoms with Crippen LogP contribution in [0.1, 0.15) is 38.5 Å². The van der Waals surface area contributed by atoms with Crippen LogP contribution < -0.4 is 5.32 Å². The molecule has 1 N–H and O–H groups in total. The van der Waals surface area contributed by atoms with Crippen LogP contribution in [-0.4, -0.2) is 49.7 Å². The van der Waals surface area contributed by atoms with Gasteiger partial charge in [0.1, 0.15) is 0 Å². The first-order chi connectivity index (χ1) is 11.5. The summed E-state index contributed by atoms with van der Waals surface area (Å²) in [7, 11) is 2.15. The van der Waals surface area contributed by atoms with Crippen molar-refractivity contribution in [3.05, 3.63) is 22.4 Å². The Morgan fingerprint density at radius 2 is 2.33 bits per heavy atom. The highest BCUT2D eigenvalue weighted by Crippen LogP contribution is 2.51. The Hall–Kier alpha value is -1.07. The number of aliphatic imine (C=N–C) groups is 1. The van der Waals surface area contributed by atoms with E-state index in [1.165, 1.54) is 17.7 Å². The number of hydrogen-bond acceptors (Lipinski definition) is 3. The lowest BCUT2D eigenvalue weighted by atomic mass is 9.55. The smallest absolute Gasteiger partial charge is 0.193 e. The molecule has 0 aromatic carbocycles. The third-order valence-corrected chi connectivity index (χ3v) is 6.50. The molecule has 2 aliphatic rings. The monoisotopic (exact) mass is 349 g/mol. The summed E-state index contributed by atoms with van der Waals surface area (Å²) in [4.78, 5) is 8.45. The van der Waals surface area contributed by atoms with Crippen molar-refractivity contribution in [2.45, 2.75) is 52.2 Å². The van der Waals surface area contributed by atoms with Crippen molar-refractivity contribution in [2.75, 3.05) is 26.7 Å². The largest absolute Gasteiger partial charge is 0.377 e. The SMILES string of the molecule is CCN=C(NC1C2CCCOC2C1(C)C)N(C)CCc1cccs1. The first kappa shape index (κ1) is 17.7. The summed E-state index contributed by atoms with van der Waals surface area (Å²) in [6.45, 7) is 9.48. The molecule has 3 rings (SSSR count). The van der Waals surface area contributed by atoms with Crippen molar-refractivity contribution in [3.63, 3.8) is 0 Å². The van der Waals surface area contributed by atoms with Crippen LogP contribution in [0.15, 0.2) is 22.5 Å². The highest BCUT2D eigenvalue weighted by molar-refractivity contribution is 7.09. The number of ether oxygens (including phenoxy) is 1. The average Bonchev–Trinajstić information content (AvgIpc) is 3.09. The molecule has 24 heavy (non-hydrogen) atoms. The molecule has 1 aromatic heterocycles. The molecule has 2 fully saturated rings. The maximum atomic E-state index is 6.03. The molecule has 3 atom stereocenters. The highest BCUT2D eigenvalue weighted by atomic mass is 32.1. The predicted molar refractivity (Wildman–Crippen MR) is 102 cm³/mol. The van der Waals surface area contributed by atoms with E-state index < -0.39 is 0 Å². The van der Waals surface area contributed by atoms with Crippen LogP contribution in [0.5, 0.6) is 0 Å². The number of fused-ring (bicyclic) bond motifs is 1. The summed E-state index contributed by atoms with van der Waals surface area (Å²) in [5, 5.41) is 5.92. The standard InChI is InChI=1S/C19H31N3OS/c1-5-20-18(22(4)11-10-14-8-7-13-24-14)21-16-15-9-6-12-23-17(15)19(16,2)3/h7-8,13,15-17H,5-6,9-12H2,1-4H3,(H,20,21). The zero-order chi connectivity index (χ0) is 17.2. The molecule has 2 heterocycles. The Balaban J connectivity index is 1.62. The first-order valence-corrected chi connectivity index (χ1v) is 10.1. The molecule has 0 radical (unpaired) electrons. The molecule has 134 valence electrons. The Morgan fingerprint density at radius 1 is 1.50 bits per heavy atom. The molecule has 5 heteroatoms. The number of hydrogen-bond donors (Lipinski definition) is 1. The van der Waals surface area contributed by atoms with E-state index >= 15 is 0 Å². The molecule has 1 saturated carbocycles. The zero-order valence-electron chi connectivity index (χ0n) is 15.4. The van der Waals surface area contributed by atoms with Gasteiger partial charge in [0, 0.05) is 49.0 Å². The number of likely N-dealkylation sites (N-methyl/N-ethyl adjacent to an activating group) is 1. The van der Waals surface area contributed by atoms with E-state index in [0.717, 1.165) is 32.1 Å². The molecule has 0 bridgehead atoms. The second-order valence-electron chi connectivity index (χ2n) is 7.59. The fraction of sp³-hybridized carbons (Fsp3) is 0.737. The maximum absolute atomic E-state index is 6.03. The van der Waals surface area contributed by atoms with E-state index in [2.05, 4.69) is 55.5 Å².